The number of hydrogen-bond donors (Lipinski definition) is 1. The number of aliphatic hydroxyl groups is 1. The van der Waals surface area contributed by atoms with Crippen molar-refractivity contribution >= 4 is 21.7 Å². The van der Waals surface area contributed by atoms with Crippen LogP contribution in [0.4, 0.5) is 0 Å². The number of aromatic nitrogens is 3. The maximum absolute atomic E-state index is 13.5. The number of aliphatic hydroxyl groups excluding tert-OH is 1. The van der Waals surface area contributed by atoms with E-state index in [1.165, 1.54) is 0 Å². The lowest BCUT2D eigenvalue weighted by Gasteiger charge is -2.29. The van der Waals surface area contributed by atoms with Crippen LogP contribution in [-0.4, -0.2) is 39.0 Å². The Balaban J connectivity index is 1.67. The molecule has 1 aliphatic rings. The van der Waals surface area contributed by atoms with Crippen LogP contribution in [0.1, 0.15) is 49.0 Å². The van der Waals surface area contributed by atoms with Crippen LogP contribution >= 0.6 is 0 Å². The maximum atomic E-state index is 13.5. The Morgan fingerprint density at radius 3 is 2.72 bits per heavy atom. The lowest BCUT2D eigenvalue weighted by molar-refractivity contribution is -0.0395. The molecule has 2 aromatic heterocycles. The van der Waals surface area contributed by atoms with Gasteiger partial charge in [-0.25, -0.2) is 4.98 Å². The van der Waals surface area contributed by atoms with Crippen LogP contribution in [-0.2, 0) is 11.2 Å². The first-order valence-corrected chi connectivity index (χ1v) is 11.1. The number of hydrogen-bond acceptors (Lipinski definition) is 5. The summed E-state index contributed by atoms with van der Waals surface area (Å²) in [5, 5.41) is 13.0. The lowest BCUT2D eigenvalue weighted by atomic mass is 9.95. The molecule has 1 fully saturated rings. The second-order valence-electron chi connectivity index (χ2n) is 8.85. The SMILES string of the molecule is CC(C)c1cc(Cc2cc3c(=O)n([C@H]4CCOC[C@@H]4O)cnc3c3ccccc23)ccn1. The van der Waals surface area contributed by atoms with Crippen molar-refractivity contribution in [2.24, 2.45) is 0 Å². The highest BCUT2D eigenvalue weighted by Gasteiger charge is 2.27. The highest BCUT2D eigenvalue weighted by molar-refractivity contribution is 6.06. The van der Waals surface area contributed by atoms with Crippen molar-refractivity contribution in [3.63, 3.8) is 0 Å². The fourth-order valence-electron chi connectivity index (χ4n) is 4.61. The molecule has 0 saturated carbocycles. The predicted octanol–water partition coefficient (Wildman–Crippen LogP) is 3.98. The Morgan fingerprint density at radius 1 is 1.12 bits per heavy atom. The summed E-state index contributed by atoms with van der Waals surface area (Å²) in [5.41, 5.74) is 3.89. The molecule has 1 N–H and O–H groups in total. The van der Waals surface area contributed by atoms with Crippen LogP contribution in [0.2, 0.25) is 0 Å². The molecule has 2 atom stereocenters. The Kier molecular flexibility index (Phi) is 5.49. The average Bonchev–Trinajstić information content (AvgIpc) is 2.81. The van der Waals surface area contributed by atoms with Crippen LogP contribution in [0, 0.1) is 0 Å². The van der Waals surface area contributed by atoms with E-state index in [1.54, 1.807) is 10.9 Å². The van der Waals surface area contributed by atoms with Gasteiger partial charge in [0.2, 0.25) is 0 Å². The molecule has 4 aromatic rings. The molecule has 0 bridgehead atoms. The van der Waals surface area contributed by atoms with Gasteiger partial charge < -0.3 is 9.84 Å². The summed E-state index contributed by atoms with van der Waals surface area (Å²) in [6, 6.07) is 13.9. The van der Waals surface area contributed by atoms with E-state index >= 15 is 0 Å². The van der Waals surface area contributed by atoms with Gasteiger partial charge in [-0.05, 0) is 53.5 Å². The first kappa shape index (κ1) is 20.8. The third kappa shape index (κ3) is 3.70. The molecule has 6 nitrogen and oxygen atoms in total. The van der Waals surface area contributed by atoms with Gasteiger partial charge in [-0.15, -0.1) is 0 Å². The number of rotatable bonds is 4. The van der Waals surface area contributed by atoms with Crippen LogP contribution in [0.5, 0.6) is 0 Å². The largest absolute Gasteiger partial charge is 0.389 e. The monoisotopic (exact) mass is 429 g/mol. The van der Waals surface area contributed by atoms with E-state index in [4.69, 9.17) is 4.74 Å². The van der Waals surface area contributed by atoms with Crippen molar-refractivity contribution in [1.82, 2.24) is 14.5 Å². The Labute approximate surface area is 186 Å². The third-order valence-corrected chi connectivity index (χ3v) is 6.36. The van der Waals surface area contributed by atoms with Crippen LogP contribution in [0.25, 0.3) is 21.7 Å². The Hall–Kier alpha value is -3.09. The summed E-state index contributed by atoms with van der Waals surface area (Å²) in [4.78, 5) is 22.7. The summed E-state index contributed by atoms with van der Waals surface area (Å²) in [7, 11) is 0. The molecule has 6 heteroatoms. The highest BCUT2D eigenvalue weighted by atomic mass is 16.5. The predicted molar refractivity (Wildman–Crippen MR) is 125 cm³/mol. The fraction of sp³-hybridized carbons (Fsp3) is 0.346. The van der Waals surface area contributed by atoms with E-state index in [0.29, 0.717) is 36.3 Å². The number of ether oxygens (including phenoxy) is 1. The van der Waals surface area contributed by atoms with Gasteiger partial charge in [0.05, 0.1) is 36.0 Å². The van der Waals surface area contributed by atoms with Crippen molar-refractivity contribution in [2.45, 2.75) is 44.8 Å². The van der Waals surface area contributed by atoms with E-state index in [2.05, 4.69) is 35.9 Å². The minimum absolute atomic E-state index is 0.120. The molecule has 2 aromatic carbocycles. The van der Waals surface area contributed by atoms with Gasteiger partial charge in [-0.1, -0.05) is 38.1 Å². The zero-order valence-electron chi connectivity index (χ0n) is 18.4. The number of pyridine rings is 1. The zero-order valence-corrected chi connectivity index (χ0v) is 18.4. The second-order valence-corrected chi connectivity index (χ2v) is 8.85. The van der Waals surface area contributed by atoms with E-state index in [-0.39, 0.29) is 18.2 Å². The summed E-state index contributed by atoms with van der Waals surface area (Å²) < 4.78 is 6.92. The average molecular weight is 430 g/mol. The minimum atomic E-state index is -0.716. The highest BCUT2D eigenvalue weighted by Crippen LogP contribution is 2.29. The normalized spacial score (nSPS) is 19.1. The summed E-state index contributed by atoms with van der Waals surface area (Å²) in [6.07, 6.45) is 4.01. The third-order valence-electron chi connectivity index (χ3n) is 6.36. The molecule has 5 rings (SSSR count). The first-order valence-electron chi connectivity index (χ1n) is 11.1. The fourth-order valence-corrected chi connectivity index (χ4v) is 4.61. The van der Waals surface area contributed by atoms with Gasteiger partial charge in [-0.3, -0.25) is 14.3 Å². The van der Waals surface area contributed by atoms with Gasteiger partial charge in [-0.2, -0.15) is 0 Å². The summed E-state index contributed by atoms with van der Waals surface area (Å²) in [5.74, 6) is 0.352. The van der Waals surface area contributed by atoms with E-state index in [9.17, 15) is 9.90 Å². The molecule has 0 spiro atoms. The molecular weight excluding hydrogens is 402 g/mol. The topological polar surface area (TPSA) is 77.2 Å². The van der Waals surface area contributed by atoms with Crippen molar-refractivity contribution in [3.05, 3.63) is 82.2 Å². The molecule has 164 valence electrons. The van der Waals surface area contributed by atoms with Gasteiger partial charge in [0.25, 0.3) is 5.56 Å². The smallest absolute Gasteiger partial charge is 0.261 e. The standard InChI is InChI=1S/C26H27N3O3/c1-16(2)22-12-17(7-9-27-22)11-18-13-21-25(20-6-4-3-5-19(18)20)28-15-29(26(21)31)23-8-10-32-14-24(23)30/h3-7,9,12-13,15-16,23-24,30H,8,10-11,14H2,1-2H3/t23-,24-/m0/s1. The van der Waals surface area contributed by atoms with Crippen LogP contribution in [0.3, 0.4) is 0 Å². The first-order chi connectivity index (χ1) is 15.5. The molecule has 0 aliphatic carbocycles. The van der Waals surface area contributed by atoms with Gasteiger partial charge in [0.15, 0.2) is 0 Å². The van der Waals surface area contributed by atoms with Crippen LogP contribution < -0.4 is 5.56 Å². The van der Waals surface area contributed by atoms with E-state index in [1.807, 2.05) is 36.5 Å². The number of benzene rings is 2. The van der Waals surface area contributed by atoms with Gasteiger partial charge in [0.1, 0.15) is 0 Å². The van der Waals surface area contributed by atoms with Gasteiger partial charge in [0, 0.05) is 23.9 Å². The quantitative estimate of drug-likeness (QED) is 0.497. The van der Waals surface area contributed by atoms with Crippen molar-refractivity contribution in [1.29, 1.82) is 0 Å². The van der Waals surface area contributed by atoms with Gasteiger partial charge >= 0.3 is 0 Å². The molecule has 1 aliphatic heterocycles. The molecule has 3 heterocycles. The molecule has 32 heavy (non-hydrogen) atoms. The van der Waals surface area contributed by atoms with E-state index in [0.717, 1.165) is 27.6 Å². The molecular formula is C26H27N3O3. The zero-order chi connectivity index (χ0) is 22.2. The Bertz CT molecular complexity index is 1350. The minimum Gasteiger partial charge on any atom is -0.389 e. The number of nitrogens with zero attached hydrogens (tertiary/aromatic N) is 3. The van der Waals surface area contributed by atoms with Crippen molar-refractivity contribution in [2.75, 3.05) is 13.2 Å². The van der Waals surface area contributed by atoms with Crippen molar-refractivity contribution < 1.29 is 9.84 Å². The molecule has 0 amide bonds. The van der Waals surface area contributed by atoms with Crippen LogP contribution in [0.15, 0.2) is 59.8 Å². The van der Waals surface area contributed by atoms with Crippen molar-refractivity contribution in [3.8, 4) is 0 Å². The second kappa shape index (κ2) is 8.45. The summed E-state index contributed by atoms with van der Waals surface area (Å²) >= 11 is 0. The molecule has 0 unspecified atom stereocenters. The lowest BCUT2D eigenvalue weighted by Crippen LogP contribution is -2.39. The molecule has 0 radical (unpaired) electrons. The Morgan fingerprint density at radius 2 is 1.94 bits per heavy atom. The summed E-state index contributed by atoms with van der Waals surface area (Å²) in [6.45, 7) is 5.03. The number of fused-ring (bicyclic) bond motifs is 3. The van der Waals surface area contributed by atoms with E-state index < -0.39 is 6.10 Å². The maximum Gasteiger partial charge on any atom is 0.261 e. The molecule has 1 saturated heterocycles.